The van der Waals surface area contributed by atoms with Crippen LogP contribution in [0.5, 0.6) is 0 Å². The highest BCUT2D eigenvalue weighted by Crippen LogP contribution is 2.21. The lowest BCUT2D eigenvalue weighted by molar-refractivity contribution is 0.531. The monoisotopic (exact) mass is 285 g/mol. The lowest BCUT2D eigenvalue weighted by Gasteiger charge is -2.13. The van der Waals surface area contributed by atoms with Crippen molar-refractivity contribution < 1.29 is 4.39 Å². The quantitative estimate of drug-likeness (QED) is 0.628. The molecule has 0 aliphatic rings. The van der Waals surface area contributed by atoms with Gasteiger partial charge in [0.1, 0.15) is 5.82 Å². The molecule has 1 atom stereocenters. The third-order valence-corrected chi connectivity index (χ3v) is 3.87. The lowest BCUT2D eigenvalue weighted by atomic mass is 10.0. The molecule has 0 heterocycles. The number of hydrogen-bond acceptors (Lipinski definition) is 1. The van der Waals surface area contributed by atoms with Crippen molar-refractivity contribution in [2.24, 2.45) is 5.73 Å². The summed E-state index contributed by atoms with van der Waals surface area (Å²) in [5.74, 6) is -0.356. The largest absolute Gasteiger partial charge is 0.327 e. The Bertz CT molecular complexity index is 368. The predicted octanol–water partition coefficient (Wildman–Crippen LogP) is 5.10. The first-order valence-corrected chi connectivity index (χ1v) is 7.71. The van der Waals surface area contributed by atoms with E-state index in [1.165, 1.54) is 38.2 Å². The van der Waals surface area contributed by atoms with E-state index in [1.54, 1.807) is 6.07 Å². The number of rotatable bonds is 9. The van der Waals surface area contributed by atoms with Gasteiger partial charge in [0, 0.05) is 6.04 Å². The van der Waals surface area contributed by atoms with Crippen molar-refractivity contribution in [2.45, 2.75) is 64.3 Å². The molecule has 1 unspecified atom stereocenters. The summed E-state index contributed by atoms with van der Waals surface area (Å²) in [7, 11) is 0. The minimum atomic E-state index is -0.356. The van der Waals surface area contributed by atoms with Crippen LogP contribution in [0.25, 0.3) is 0 Å². The van der Waals surface area contributed by atoms with Crippen LogP contribution in [0, 0.1) is 5.82 Å². The molecule has 1 aromatic rings. The van der Waals surface area contributed by atoms with Gasteiger partial charge in [0.15, 0.2) is 0 Å². The summed E-state index contributed by atoms with van der Waals surface area (Å²) in [5.41, 5.74) is 6.90. The minimum Gasteiger partial charge on any atom is -0.327 e. The smallest absolute Gasteiger partial charge is 0.142 e. The van der Waals surface area contributed by atoms with Gasteiger partial charge in [0.05, 0.1) is 5.02 Å². The number of nitrogens with two attached hydrogens (primary N) is 1. The lowest BCUT2D eigenvalue weighted by Crippen LogP contribution is -2.22. The van der Waals surface area contributed by atoms with Gasteiger partial charge < -0.3 is 5.73 Å². The molecule has 0 spiro atoms. The SMILES string of the molecule is CCCCCCCCC(N)Cc1cccc(F)c1Cl. The van der Waals surface area contributed by atoms with Crippen LogP contribution in [-0.4, -0.2) is 6.04 Å². The molecule has 19 heavy (non-hydrogen) atoms. The van der Waals surface area contributed by atoms with E-state index >= 15 is 0 Å². The Hall–Kier alpha value is -0.600. The van der Waals surface area contributed by atoms with Crippen molar-refractivity contribution in [3.05, 3.63) is 34.6 Å². The molecule has 108 valence electrons. The van der Waals surface area contributed by atoms with Gasteiger partial charge in [0.2, 0.25) is 0 Å². The molecule has 0 aromatic heterocycles. The number of halogens is 2. The molecule has 3 heteroatoms. The highest BCUT2D eigenvalue weighted by molar-refractivity contribution is 6.31. The minimum absolute atomic E-state index is 0.0745. The Balaban J connectivity index is 2.23. The second kappa shape index (κ2) is 9.33. The number of benzene rings is 1. The Labute approximate surface area is 121 Å². The molecule has 2 N–H and O–H groups in total. The zero-order valence-electron chi connectivity index (χ0n) is 11.8. The maximum absolute atomic E-state index is 13.3. The molecule has 0 amide bonds. The van der Waals surface area contributed by atoms with Crippen molar-refractivity contribution in [3.8, 4) is 0 Å². The van der Waals surface area contributed by atoms with Crippen LogP contribution in [0.2, 0.25) is 5.02 Å². The first-order chi connectivity index (χ1) is 9.15. The van der Waals surface area contributed by atoms with E-state index in [0.29, 0.717) is 6.42 Å². The maximum atomic E-state index is 13.3. The van der Waals surface area contributed by atoms with Gasteiger partial charge in [0.25, 0.3) is 0 Å². The van der Waals surface area contributed by atoms with Gasteiger partial charge in [-0.15, -0.1) is 0 Å². The third-order valence-electron chi connectivity index (χ3n) is 3.44. The molecule has 0 aliphatic heterocycles. The highest BCUT2D eigenvalue weighted by Gasteiger charge is 2.09. The van der Waals surface area contributed by atoms with E-state index in [-0.39, 0.29) is 16.9 Å². The fourth-order valence-corrected chi connectivity index (χ4v) is 2.48. The predicted molar refractivity (Wildman–Crippen MR) is 81.1 cm³/mol. The van der Waals surface area contributed by atoms with Gasteiger partial charge in [-0.3, -0.25) is 0 Å². The molecule has 0 fully saturated rings. The van der Waals surface area contributed by atoms with Crippen molar-refractivity contribution in [1.82, 2.24) is 0 Å². The zero-order chi connectivity index (χ0) is 14.1. The molecule has 0 radical (unpaired) electrons. The van der Waals surface area contributed by atoms with E-state index in [4.69, 9.17) is 17.3 Å². The van der Waals surface area contributed by atoms with E-state index in [9.17, 15) is 4.39 Å². The molecule has 1 rings (SSSR count). The molecular formula is C16H25ClFN. The van der Waals surface area contributed by atoms with Crippen LogP contribution < -0.4 is 5.73 Å². The topological polar surface area (TPSA) is 26.0 Å². The van der Waals surface area contributed by atoms with Gasteiger partial charge in [-0.05, 0) is 24.5 Å². The number of unbranched alkanes of at least 4 members (excludes halogenated alkanes) is 5. The van der Waals surface area contributed by atoms with E-state index in [2.05, 4.69) is 6.92 Å². The Morgan fingerprint density at radius 3 is 2.58 bits per heavy atom. The van der Waals surface area contributed by atoms with Gasteiger partial charge in [-0.25, -0.2) is 4.39 Å². The average Bonchev–Trinajstić information content (AvgIpc) is 2.39. The zero-order valence-corrected chi connectivity index (χ0v) is 12.6. The van der Waals surface area contributed by atoms with E-state index < -0.39 is 0 Å². The van der Waals surface area contributed by atoms with Crippen LogP contribution in [-0.2, 0) is 6.42 Å². The highest BCUT2D eigenvalue weighted by atomic mass is 35.5. The standard InChI is InChI=1S/C16H25ClFN/c1-2-3-4-5-6-7-10-14(19)12-13-9-8-11-15(18)16(13)17/h8-9,11,14H,2-7,10,12,19H2,1H3. The average molecular weight is 286 g/mol. The second-order valence-electron chi connectivity index (χ2n) is 5.23. The van der Waals surface area contributed by atoms with Gasteiger partial charge in [-0.1, -0.05) is 69.2 Å². The molecule has 0 bridgehead atoms. The third kappa shape index (κ3) is 6.40. The fraction of sp³-hybridized carbons (Fsp3) is 0.625. The maximum Gasteiger partial charge on any atom is 0.142 e. The summed E-state index contributed by atoms with van der Waals surface area (Å²) in [6.07, 6.45) is 9.25. The Morgan fingerprint density at radius 2 is 1.84 bits per heavy atom. The molecule has 1 aromatic carbocycles. The molecular weight excluding hydrogens is 261 g/mol. The van der Waals surface area contributed by atoms with Crippen molar-refractivity contribution in [2.75, 3.05) is 0 Å². The van der Waals surface area contributed by atoms with Crippen LogP contribution in [0.3, 0.4) is 0 Å². The first kappa shape index (κ1) is 16.5. The Kier molecular flexibility index (Phi) is 8.08. The van der Waals surface area contributed by atoms with Gasteiger partial charge >= 0.3 is 0 Å². The van der Waals surface area contributed by atoms with Crippen LogP contribution in [0.15, 0.2) is 18.2 Å². The summed E-state index contributed by atoms with van der Waals surface area (Å²) in [6.45, 7) is 2.22. The summed E-state index contributed by atoms with van der Waals surface area (Å²) in [4.78, 5) is 0. The first-order valence-electron chi connectivity index (χ1n) is 7.33. The van der Waals surface area contributed by atoms with Crippen molar-refractivity contribution >= 4 is 11.6 Å². The fourth-order valence-electron chi connectivity index (χ4n) is 2.28. The number of hydrogen-bond donors (Lipinski definition) is 1. The summed E-state index contributed by atoms with van der Waals surface area (Å²) in [5, 5.41) is 0.223. The normalized spacial score (nSPS) is 12.6. The van der Waals surface area contributed by atoms with Crippen molar-refractivity contribution in [1.29, 1.82) is 0 Å². The van der Waals surface area contributed by atoms with Gasteiger partial charge in [-0.2, -0.15) is 0 Å². The molecule has 1 nitrogen and oxygen atoms in total. The van der Waals surface area contributed by atoms with Crippen LogP contribution in [0.4, 0.5) is 4.39 Å². The molecule has 0 saturated heterocycles. The molecule has 0 aliphatic carbocycles. The van der Waals surface area contributed by atoms with Crippen LogP contribution in [0.1, 0.15) is 57.4 Å². The molecule has 0 saturated carbocycles. The van der Waals surface area contributed by atoms with Crippen LogP contribution >= 0.6 is 11.6 Å². The van der Waals surface area contributed by atoms with E-state index in [0.717, 1.165) is 18.4 Å². The summed E-state index contributed by atoms with van der Waals surface area (Å²) in [6, 6.07) is 5.00. The van der Waals surface area contributed by atoms with E-state index in [1.807, 2.05) is 6.07 Å². The summed E-state index contributed by atoms with van der Waals surface area (Å²) < 4.78 is 13.3. The second-order valence-corrected chi connectivity index (χ2v) is 5.61. The summed E-state index contributed by atoms with van der Waals surface area (Å²) >= 11 is 5.93. The Morgan fingerprint density at radius 1 is 1.16 bits per heavy atom. The van der Waals surface area contributed by atoms with Crippen molar-refractivity contribution in [3.63, 3.8) is 0 Å².